The van der Waals surface area contributed by atoms with Crippen LogP contribution in [0.1, 0.15) is 18.4 Å². The van der Waals surface area contributed by atoms with Crippen LogP contribution in [0.4, 0.5) is 5.69 Å². The van der Waals surface area contributed by atoms with Crippen molar-refractivity contribution < 1.29 is 9.59 Å². The molecule has 0 spiro atoms. The van der Waals surface area contributed by atoms with Gasteiger partial charge in [-0.05, 0) is 37.5 Å². The van der Waals surface area contributed by atoms with Crippen molar-refractivity contribution in [1.29, 1.82) is 0 Å². The molecule has 1 aromatic carbocycles. The molecule has 0 heterocycles. The monoisotopic (exact) mass is 278 g/mol. The third kappa shape index (κ3) is 5.34. The Balaban J connectivity index is 1.65. The number of rotatable bonds is 6. The maximum atomic E-state index is 11.7. The molecule has 0 atom stereocenters. The summed E-state index contributed by atoms with van der Waals surface area (Å²) in [4.78, 5) is 23.1. The van der Waals surface area contributed by atoms with Gasteiger partial charge in [-0.15, -0.1) is 11.8 Å². The van der Waals surface area contributed by atoms with Crippen molar-refractivity contribution in [3.8, 4) is 0 Å². The Labute approximate surface area is 117 Å². The van der Waals surface area contributed by atoms with Crippen molar-refractivity contribution in [2.75, 3.05) is 16.8 Å². The molecule has 0 aromatic heterocycles. The molecule has 4 nitrogen and oxygen atoms in total. The molecule has 19 heavy (non-hydrogen) atoms. The van der Waals surface area contributed by atoms with E-state index in [1.165, 1.54) is 11.8 Å². The summed E-state index contributed by atoms with van der Waals surface area (Å²) in [5.74, 6) is 0.592. The lowest BCUT2D eigenvalue weighted by molar-refractivity contribution is -0.118. The van der Waals surface area contributed by atoms with E-state index in [0.717, 1.165) is 24.1 Å². The van der Waals surface area contributed by atoms with E-state index in [-0.39, 0.29) is 11.8 Å². The molecule has 1 aliphatic rings. The van der Waals surface area contributed by atoms with Gasteiger partial charge in [0.2, 0.25) is 11.8 Å². The zero-order valence-corrected chi connectivity index (χ0v) is 11.8. The van der Waals surface area contributed by atoms with Crippen LogP contribution < -0.4 is 10.6 Å². The summed E-state index contributed by atoms with van der Waals surface area (Å²) in [5, 5.41) is 5.71. The molecule has 0 aliphatic heterocycles. The van der Waals surface area contributed by atoms with E-state index < -0.39 is 0 Å². The van der Waals surface area contributed by atoms with E-state index in [1.807, 2.05) is 31.2 Å². The van der Waals surface area contributed by atoms with Gasteiger partial charge >= 0.3 is 0 Å². The number of carbonyl (C=O) groups is 2. The molecule has 1 aromatic rings. The molecule has 1 aliphatic carbocycles. The van der Waals surface area contributed by atoms with Gasteiger partial charge in [0, 0.05) is 11.7 Å². The van der Waals surface area contributed by atoms with Crippen LogP contribution in [0.25, 0.3) is 0 Å². The normalized spacial score (nSPS) is 13.9. The lowest BCUT2D eigenvalue weighted by Gasteiger charge is -2.06. The van der Waals surface area contributed by atoms with Crippen LogP contribution in [0, 0.1) is 6.92 Å². The van der Waals surface area contributed by atoms with Crippen molar-refractivity contribution >= 4 is 29.3 Å². The van der Waals surface area contributed by atoms with E-state index in [2.05, 4.69) is 10.6 Å². The van der Waals surface area contributed by atoms with Gasteiger partial charge in [-0.25, -0.2) is 0 Å². The maximum absolute atomic E-state index is 11.7. The van der Waals surface area contributed by atoms with Crippen LogP contribution in [0.15, 0.2) is 24.3 Å². The molecule has 2 amide bonds. The van der Waals surface area contributed by atoms with Gasteiger partial charge in [-0.2, -0.15) is 0 Å². The Hall–Kier alpha value is -1.49. The summed E-state index contributed by atoms with van der Waals surface area (Å²) in [7, 11) is 0. The summed E-state index contributed by atoms with van der Waals surface area (Å²) in [5.41, 5.74) is 1.90. The quantitative estimate of drug-likeness (QED) is 0.836. The summed E-state index contributed by atoms with van der Waals surface area (Å²) >= 11 is 1.34. The molecule has 102 valence electrons. The maximum Gasteiger partial charge on any atom is 0.234 e. The number of hydrogen-bond acceptors (Lipinski definition) is 3. The molecular weight excluding hydrogens is 260 g/mol. The first-order chi connectivity index (χ1) is 9.13. The fourth-order valence-electron chi connectivity index (χ4n) is 1.65. The molecule has 0 unspecified atom stereocenters. The van der Waals surface area contributed by atoms with Gasteiger partial charge in [0.15, 0.2) is 0 Å². The minimum Gasteiger partial charge on any atom is -0.353 e. The summed E-state index contributed by atoms with van der Waals surface area (Å²) in [6.07, 6.45) is 2.18. The van der Waals surface area contributed by atoms with Crippen molar-refractivity contribution in [2.45, 2.75) is 25.8 Å². The second-order valence-corrected chi connectivity index (χ2v) is 5.74. The first kappa shape index (κ1) is 13.9. The number of thioether (sulfide) groups is 1. The Morgan fingerprint density at radius 1 is 1.26 bits per heavy atom. The van der Waals surface area contributed by atoms with Gasteiger partial charge in [0.1, 0.15) is 0 Å². The molecule has 0 bridgehead atoms. The number of anilines is 1. The SMILES string of the molecule is Cc1cccc(NC(=O)CSCC(=O)NC2CC2)c1. The van der Waals surface area contributed by atoms with Gasteiger partial charge < -0.3 is 10.6 Å². The molecule has 0 radical (unpaired) electrons. The van der Waals surface area contributed by atoms with Crippen molar-refractivity contribution in [1.82, 2.24) is 5.32 Å². The van der Waals surface area contributed by atoms with Crippen molar-refractivity contribution in [3.05, 3.63) is 29.8 Å². The number of benzene rings is 1. The van der Waals surface area contributed by atoms with Crippen LogP contribution in [0.2, 0.25) is 0 Å². The molecular formula is C14H18N2O2S. The fraction of sp³-hybridized carbons (Fsp3) is 0.429. The van der Waals surface area contributed by atoms with E-state index in [9.17, 15) is 9.59 Å². The highest BCUT2D eigenvalue weighted by atomic mass is 32.2. The van der Waals surface area contributed by atoms with E-state index in [1.54, 1.807) is 0 Å². The predicted octanol–water partition coefficient (Wildman–Crippen LogP) is 1.95. The zero-order valence-electron chi connectivity index (χ0n) is 10.9. The average molecular weight is 278 g/mol. The van der Waals surface area contributed by atoms with Crippen LogP contribution in [0.3, 0.4) is 0 Å². The molecule has 1 saturated carbocycles. The highest BCUT2D eigenvalue weighted by Crippen LogP contribution is 2.18. The van der Waals surface area contributed by atoms with Crippen LogP contribution in [0.5, 0.6) is 0 Å². The zero-order chi connectivity index (χ0) is 13.7. The van der Waals surface area contributed by atoms with Gasteiger partial charge in [0.25, 0.3) is 0 Å². The number of nitrogens with one attached hydrogen (secondary N) is 2. The second kappa shape index (κ2) is 6.61. The smallest absolute Gasteiger partial charge is 0.234 e. The summed E-state index contributed by atoms with van der Waals surface area (Å²) in [6, 6.07) is 8.04. The third-order valence-corrected chi connectivity index (χ3v) is 3.64. The third-order valence-electron chi connectivity index (χ3n) is 2.71. The Bertz CT molecular complexity index is 472. The number of amides is 2. The second-order valence-electron chi connectivity index (χ2n) is 4.75. The molecule has 2 rings (SSSR count). The predicted molar refractivity (Wildman–Crippen MR) is 78.3 cm³/mol. The van der Waals surface area contributed by atoms with E-state index in [0.29, 0.717) is 17.5 Å². The number of aryl methyl sites for hydroxylation is 1. The first-order valence-electron chi connectivity index (χ1n) is 6.37. The van der Waals surface area contributed by atoms with Crippen LogP contribution >= 0.6 is 11.8 Å². The topological polar surface area (TPSA) is 58.2 Å². The van der Waals surface area contributed by atoms with Gasteiger partial charge in [-0.1, -0.05) is 12.1 Å². The van der Waals surface area contributed by atoms with E-state index >= 15 is 0 Å². The molecule has 0 saturated heterocycles. The minimum absolute atomic E-state index is 0.0239. The Kier molecular flexibility index (Phi) is 4.85. The van der Waals surface area contributed by atoms with Crippen LogP contribution in [-0.2, 0) is 9.59 Å². The first-order valence-corrected chi connectivity index (χ1v) is 7.52. The van der Waals surface area contributed by atoms with Gasteiger partial charge in [0.05, 0.1) is 11.5 Å². The largest absolute Gasteiger partial charge is 0.353 e. The van der Waals surface area contributed by atoms with Gasteiger partial charge in [-0.3, -0.25) is 9.59 Å². The molecule has 1 fully saturated rings. The minimum atomic E-state index is -0.0742. The lowest BCUT2D eigenvalue weighted by atomic mass is 10.2. The summed E-state index contributed by atoms with van der Waals surface area (Å²) < 4.78 is 0. The number of carbonyl (C=O) groups excluding carboxylic acids is 2. The highest BCUT2D eigenvalue weighted by Gasteiger charge is 2.22. The standard InChI is InChI=1S/C14H18N2O2S/c1-10-3-2-4-12(7-10)16-14(18)9-19-8-13(17)15-11-5-6-11/h2-4,7,11H,5-6,8-9H2,1H3,(H,15,17)(H,16,18). The molecule has 5 heteroatoms. The summed E-state index contributed by atoms with van der Waals surface area (Å²) in [6.45, 7) is 1.98. The Morgan fingerprint density at radius 3 is 2.68 bits per heavy atom. The molecule has 2 N–H and O–H groups in total. The number of hydrogen-bond donors (Lipinski definition) is 2. The highest BCUT2D eigenvalue weighted by molar-refractivity contribution is 8.00. The lowest BCUT2D eigenvalue weighted by Crippen LogP contribution is -2.27. The Morgan fingerprint density at radius 2 is 2.00 bits per heavy atom. The fourth-order valence-corrected chi connectivity index (χ4v) is 2.28. The average Bonchev–Trinajstić information content (AvgIpc) is 3.12. The van der Waals surface area contributed by atoms with Crippen LogP contribution in [-0.4, -0.2) is 29.4 Å². The van der Waals surface area contributed by atoms with Crippen molar-refractivity contribution in [3.63, 3.8) is 0 Å². The van der Waals surface area contributed by atoms with Crippen molar-refractivity contribution in [2.24, 2.45) is 0 Å². The van der Waals surface area contributed by atoms with E-state index in [4.69, 9.17) is 0 Å².